The van der Waals surface area contributed by atoms with E-state index in [1.807, 2.05) is 19.1 Å². The smallest absolute Gasteiger partial charge is 0.261 e. The maximum atomic E-state index is 12.8. The number of aromatic nitrogens is 2. The molecule has 6 heteroatoms. The van der Waals surface area contributed by atoms with Crippen molar-refractivity contribution in [3.63, 3.8) is 0 Å². The van der Waals surface area contributed by atoms with Gasteiger partial charge in [-0.25, -0.2) is 4.98 Å². The average molecular weight is 346 g/mol. The highest BCUT2D eigenvalue weighted by molar-refractivity contribution is 7.13. The van der Waals surface area contributed by atoms with Crippen molar-refractivity contribution in [2.75, 3.05) is 11.4 Å². The number of rotatable bonds is 4. The molecule has 118 valence electrons. The van der Waals surface area contributed by atoms with Gasteiger partial charge in [0.15, 0.2) is 5.82 Å². The van der Waals surface area contributed by atoms with Crippen molar-refractivity contribution in [3.8, 4) is 0 Å². The third-order valence-corrected chi connectivity index (χ3v) is 4.76. The van der Waals surface area contributed by atoms with Gasteiger partial charge in [-0.2, -0.15) is 4.37 Å². The highest BCUT2D eigenvalue weighted by atomic mass is 35.5. The molecule has 1 amide bonds. The van der Waals surface area contributed by atoms with Gasteiger partial charge in [-0.1, -0.05) is 30.7 Å². The second-order valence-corrected chi connectivity index (χ2v) is 6.26. The van der Waals surface area contributed by atoms with Gasteiger partial charge < -0.3 is 0 Å². The predicted molar refractivity (Wildman–Crippen MR) is 95.6 cm³/mol. The van der Waals surface area contributed by atoms with E-state index < -0.39 is 0 Å². The van der Waals surface area contributed by atoms with Gasteiger partial charge >= 0.3 is 0 Å². The Morgan fingerprint density at radius 3 is 2.74 bits per heavy atom. The molecule has 23 heavy (non-hydrogen) atoms. The van der Waals surface area contributed by atoms with Gasteiger partial charge in [0, 0.05) is 18.1 Å². The van der Waals surface area contributed by atoms with E-state index in [0.29, 0.717) is 17.3 Å². The van der Waals surface area contributed by atoms with E-state index in [4.69, 9.17) is 11.6 Å². The molecule has 3 aromatic rings. The Kier molecular flexibility index (Phi) is 4.59. The third-order valence-electron chi connectivity index (χ3n) is 3.74. The van der Waals surface area contributed by atoms with Gasteiger partial charge in [0.2, 0.25) is 0 Å². The standard InChI is InChI=1S/C17H16ClN3OS/c1-3-11-6-5-7-13-15(11)16(20-23-13)21(4-2)17(22)12-8-9-14(18)19-10-12/h5-10H,3-4H2,1-2H3. The Hall–Kier alpha value is -1.98. The Labute approximate surface area is 143 Å². The van der Waals surface area contributed by atoms with Gasteiger partial charge in [-0.05, 0) is 48.6 Å². The SMILES string of the molecule is CCc1cccc2snc(N(CC)C(=O)c3ccc(Cl)nc3)c12. The first-order valence-corrected chi connectivity index (χ1v) is 8.61. The quantitative estimate of drug-likeness (QED) is 0.650. The van der Waals surface area contributed by atoms with Crippen LogP contribution in [0.15, 0.2) is 36.5 Å². The van der Waals surface area contributed by atoms with E-state index in [9.17, 15) is 4.79 Å². The van der Waals surface area contributed by atoms with Crippen LogP contribution < -0.4 is 4.90 Å². The molecule has 0 aliphatic rings. The first kappa shape index (κ1) is 15.9. The fraction of sp³-hybridized carbons (Fsp3) is 0.235. The molecule has 0 spiro atoms. The number of hydrogen-bond acceptors (Lipinski definition) is 4. The van der Waals surface area contributed by atoms with Crippen LogP contribution in [0, 0.1) is 0 Å². The highest BCUT2D eigenvalue weighted by Gasteiger charge is 2.22. The Bertz CT molecular complexity index is 845. The molecular weight excluding hydrogens is 330 g/mol. The lowest BCUT2D eigenvalue weighted by Gasteiger charge is -2.19. The minimum absolute atomic E-state index is 0.116. The van der Waals surface area contributed by atoms with Crippen LogP contribution in [0.1, 0.15) is 29.8 Å². The summed E-state index contributed by atoms with van der Waals surface area (Å²) in [5.74, 6) is 0.611. The van der Waals surface area contributed by atoms with Crippen LogP contribution in [0.2, 0.25) is 5.15 Å². The lowest BCUT2D eigenvalue weighted by Crippen LogP contribution is -2.31. The number of benzene rings is 1. The second-order valence-electron chi connectivity index (χ2n) is 5.07. The molecule has 0 fully saturated rings. The number of carbonyl (C=O) groups is 1. The van der Waals surface area contributed by atoms with E-state index in [0.717, 1.165) is 22.3 Å². The number of nitrogens with zero attached hydrogens (tertiary/aromatic N) is 3. The molecule has 0 atom stereocenters. The molecule has 0 N–H and O–H groups in total. The summed E-state index contributed by atoms with van der Waals surface area (Å²) in [7, 11) is 0. The Balaban J connectivity index is 2.07. The molecule has 2 aromatic heterocycles. The van der Waals surface area contributed by atoms with Crippen molar-refractivity contribution >= 4 is 44.9 Å². The largest absolute Gasteiger partial charge is 0.292 e. The second kappa shape index (κ2) is 6.64. The van der Waals surface area contributed by atoms with Crippen molar-refractivity contribution in [2.45, 2.75) is 20.3 Å². The fourth-order valence-electron chi connectivity index (χ4n) is 2.57. The maximum Gasteiger partial charge on any atom is 0.261 e. The summed E-state index contributed by atoms with van der Waals surface area (Å²) in [4.78, 5) is 18.5. The molecule has 3 rings (SSSR count). The van der Waals surface area contributed by atoms with E-state index in [2.05, 4.69) is 22.3 Å². The topological polar surface area (TPSA) is 46.1 Å². The van der Waals surface area contributed by atoms with Crippen molar-refractivity contribution in [3.05, 3.63) is 52.8 Å². The molecule has 0 bridgehead atoms. The van der Waals surface area contributed by atoms with Crippen LogP contribution in [-0.4, -0.2) is 21.8 Å². The predicted octanol–water partition coefficient (Wildman–Crippen LogP) is 4.57. The summed E-state index contributed by atoms with van der Waals surface area (Å²) in [5.41, 5.74) is 1.71. The summed E-state index contributed by atoms with van der Waals surface area (Å²) in [6.07, 6.45) is 2.40. The summed E-state index contributed by atoms with van der Waals surface area (Å²) < 4.78 is 5.64. The summed E-state index contributed by atoms with van der Waals surface area (Å²) in [6.45, 7) is 4.59. The fourth-order valence-corrected chi connectivity index (χ4v) is 3.51. The molecular formula is C17H16ClN3OS. The first-order valence-electron chi connectivity index (χ1n) is 7.46. The zero-order chi connectivity index (χ0) is 16.4. The molecule has 1 aromatic carbocycles. The summed E-state index contributed by atoms with van der Waals surface area (Å²) in [6, 6.07) is 9.47. The van der Waals surface area contributed by atoms with Crippen LogP contribution in [-0.2, 0) is 6.42 Å². The average Bonchev–Trinajstić information content (AvgIpc) is 3.00. The van der Waals surface area contributed by atoms with E-state index in [-0.39, 0.29) is 5.91 Å². The van der Waals surface area contributed by atoms with Crippen molar-refractivity contribution in [1.29, 1.82) is 0 Å². The van der Waals surface area contributed by atoms with Gasteiger partial charge in [-0.15, -0.1) is 0 Å². The summed E-state index contributed by atoms with van der Waals surface area (Å²) >= 11 is 7.22. The van der Waals surface area contributed by atoms with Gasteiger partial charge in [0.1, 0.15) is 5.15 Å². The molecule has 0 radical (unpaired) electrons. The Morgan fingerprint density at radius 2 is 2.09 bits per heavy atom. The van der Waals surface area contributed by atoms with Crippen LogP contribution in [0.4, 0.5) is 5.82 Å². The van der Waals surface area contributed by atoms with Crippen molar-refractivity contribution in [1.82, 2.24) is 9.36 Å². The number of hydrogen-bond donors (Lipinski definition) is 0. The lowest BCUT2D eigenvalue weighted by atomic mass is 10.1. The van der Waals surface area contributed by atoms with Crippen molar-refractivity contribution < 1.29 is 4.79 Å². The number of amides is 1. The molecule has 4 nitrogen and oxygen atoms in total. The minimum atomic E-state index is -0.116. The molecule has 0 unspecified atom stereocenters. The molecule has 2 heterocycles. The first-order chi connectivity index (χ1) is 11.2. The van der Waals surface area contributed by atoms with Crippen LogP contribution in [0.25, 0.3) is 10.1 Å². The van der Waals surface area contributed by atoms with Gasteiger partial charge in [0.05, 0.1) is 10.3 Å². The normalized spacial score (nSPS) is 10.9. The van der Waals surface area contributed by atoms with Crippen LogP contribution in [0.3, 0.4) is 0 Å². The molecule has 0 aliphatic carbocycles. The van der Waals surface area contributed by atoms with Crippen LogP contribution in [0.5, 0.6) is 0 Å². The maximum absolute atomic E-state index is 12.8. The van der Waals surface area contributed by atoms with E-state index in [1.54, 1.807) is 17.0 Å². The number of anilines is 1. The number of pyridine rings is 1. The summed E-state index contributed by atoms with van der Waals surface area (Å²) in [5, 5.41) is 1.44. The third kappa shape index (κ3) is 2.94. The van der Waals surface area contributed by atoms with Gasteiger partial charge in [-0.3, -0.25) is 9.69 Å². The molecule has 0 saturated carbocycles. The van der Waals surface area contributed by atoms with E-state index >= 15 is 0 Å². The minimum Gasteiger partial charge on any atom is -0.292 e. The monoisotopic (exact) mass is 345 g/mol. The number of fused-ring (bicyclic) bond motifs is 1. The number of carbonyl (C=O) groups excluding carboxylic acids is 1. The van der Waals surface area contributed by atoms with Crippen LogP contribution >= 0.6 is 23.1 Å². The Morgan fingerprint density at radius 1 is 1.26 bits per heavy atom. The van der Waals surface area contributed by atoms with E-state index in [1.165, 1.54) is 23.3 Å². The number of halogens is 1. The van der Waals surface area contributed by atoms with Gasteiger partial charge in [0.25, 0.3) is 5.91 Å². The zero-order valence-corrected chi connectivity index (χ0v) is 14.5. The molecule has 0 saturated heterocycles. The number of aryl methyl sites for hydroxylation is 1. The molecule has 0 aliphatic heterocycles. The zero-order valence-electron chi connectivity index (χ0n) is 12.9. The highest BCUT2D eigenvalue weighted by Crippen LogP contribution is 2.33. The lowest BCUT2D eigenvalue weighted by molar-refractivity contribution is 0.0987. The van der Waals surface area contributed by atoms with Crippen molar-refractivity contribution in [2.24, 2.45) is 0 Å².